The van der Waals surface area contributed by atoms with Crippen LogP contribution in [-0.4, -0.2) is 52.2 Å². The predicted molar refractivity (Wildman–Crippen MR) is 114 cm³/mol. The van der Waals surface area contributed by atoms with E-state index in [1.807, 2.05) is 12.1 Å². The number of aliphatic hydroxyl groups is 1. The Kier molecular flexibility index (Phi) is 6.19. The average Bonchev–Trinajstić information content (AvgIpc) is 2.72. The van der Waals surface area contributed by atoms with Gasteiger partial charge in [0.1, 0.15) is 5.82 Å². The molecule has 4 rings (SSSR count). The second kappa shape index (κ2) is 8.99. The highest BCUT2D eigenvalue weighted by molar-refractivity contribution is 5.78. The molecule has 0 saturated carbocycles. The second-order valence-corrected chi connectivity index (χ2v) is 7.94. The minimum Gasteiger partial charge on any atom is -0.396 e. The third-order valence-corrected chi connectivity index (χ3v) is 5.88. The molecule has 5 heteroatoms. The van der Waals surface area contributed by atoms with Crippen LogP contribution < -0.4 is 0 Å². The lowest BCUT2D eigenvalue weighted by Gasteiger charge is -2.41. The Labute approximate surface area is 171 Å². The van der Waals surface area contributed by atoms with Crippen molar-refractivity contribution in [1.82, 2.24) is 14.8 Å². The Balaban J connectivity index is 1.44. The third kappa shape index (κ3) is 4.81. The zero-order chi connectivity index (χ0) is 20.2. The van der Waals surface area contributed by atoms with Gasteiger partial charge in [-0.25, -0.2) is 4.39 Å². The summed E-state index contributed by atoms with van der Waals surface area (Å²) in [7, 11) is 0. The van der Waals surface area contributed by atoms with Crippen LogP contribution >= 0.6 is 0 Å². The van der Waals surface area contributed by atoms with Gasteiger partial charge in [0.05, 0.1) is 11.2 Å². The number of hydrogen-bond donors (Lipinski definition) is 1. The molecule has 29 heavy (non-hydrogen) atoms. The van der Waals surface area contributed by atoms with E-state index in [0.717, 1.165) is 55.7 Å². The zero-order valence-corrected chi connectivity index (χ0v) is 16.9. The van der Waals surface area contributed by atoms with Gasteiger partial charge in [0.2, 0.25) is 0 Å². The van der Waals surface area contributed by atoms with Gasteiger partial charge in [0.15, 0.2) is 0 Å². The van der Waals surface area contributed by atoms with Crippen LogP contribution in [0.5, 0.6) is 0 Å². The summed E-state index contributed by atoms with van der Waals surface area (Å²) in [5.74, 6) is -0.233. The van der Waals surface area contributed by atoms with Gasteiger partial charge in [-0.15, -0.1) is 0 Å². The van der Waals surface area contributed by atoms with E-state index < -0.39 is 0 Å². The van der Waals surface area contributed by atoms with Crippen LogP contribution in [0.15, 0.2) is 54.6 Å². The fourth-order valence-corrected chi connectivity index (χ4v) is 4.19. The third-order valence-electron chi connectivity index (χ3n) is 5.88. The number of piperazine rings is 1. The van der Waals surface area contributed by atoms with Crippen LogP contribution in [0.25, 0.3) is 10.9 Å². The molecule has 1 unspecified atom stereocenters. The van der Waals surface area contributed by atoms with Crippen LogP contribution in [0.3, 0.4) is 0 Å². The number of pyridine rings is 1. The molecule has 0 amide bonds. The molecule has 1 N–H and O–H groups in total. The number of benzene rings is 2. The number of aliphatic hydroxyl groups excluding tert-OH is 1. The number of aryl methyl sites for hydroxylation is 1. The largest absolute Gasteiger partial charge is 0.396 e. The van der Waals surface area contributed by atoms with Crippen molar-refractivity contribution in [3.8, 4) is 0 Å². The summed E-state index contributed by atoms with van der Waals surface area (Å²) in [6, 6.07) is 17.5. The minimum absolute atomic E-state index is 0.197. The van der Waals surface area contributed by atoms with Gasteiger partial charge in [0, 0.05) is 50.8 Å². The summed E-state index contributed by atoms with van der Waals surface area (Å²) in [6.45, 7) is 6.90. The highest BCUT2D eigenvalue weighted by atomic mass is 19.1. The lowest BCUT2D eigenvalue weighted by molar-refractivity contribution is 0.0493. The predicted octanol–water partition coefficient (Wildman–Crippen LogP) is 3.75. The Morgan fingerprint density at radius 1 is 1.07 bits per heavy atom. The molecule has 1 atom stereocenters. The van der Waals surface area contributed by atoms with Crippen molar-refractivity contribution in [2.75, 3.05) is 26.2 Å². The van der Waals surface area contributed by atoms with Crippen molar-refractivity contribution in [3.05, 3.63) is 77.2 Å². The Morgan fingerprint density at radius 3 is 2.76 bits per heavy atom. The number of hydrogen-bond acceptors (Lipinski definition) is 4. The first-order valence-corrected chi connectivity index (χ1v) is 10.3. The number of nitrogens with zero attached hydrogens (tertiary/aromatic N) is 3. The van der Waals surface area contributed by atoms with E-state index >= 15 is 0 Å². The van der Waals surface area contributed by atoms with Crippen molar-refractivity contribution in [3.63, 3.8) is 0 Å². The summed E-state index contributed by atoms with van der Waals surface area (Å²) in [6.07, 6.45) is 0.771. The first-order valence-electron chi connectivity index (χ1n) is 10.3. The molecule has 1 aliphatic heterocycles. The molecule has 1 fully saturated rings. The highest BCUT2D eigenvalue weighted by Crippen LogP contribution is 2.21. The van der Waals surface area contributed by atoms with Crippen molar-refractivity contribution in [2.45, 2.75) is 32.5 Å². The highest BCUT2D eigenvalue weighted by Gasteiger charge is 2.27. The summed E-state index contributed by atoms with van der Waals surface area (Å²) in [4.78, 5) is 9.61. The van der Waals surface area contributed by atoms with Gasteiger partial charge in [0.25, 0.3) is 0 Å². The van der Waals surface area contributed by atoms with Crippen molar-refractivity contribution in [2.24, 2.45) is 0 Å². The van der Waals surface area contributed by atoms with E-state index in [9.17, 15) is 9.50 Å². The van der Waals surface area contributed by atoms with E-state index in [0.29, 0.717) is 6.04 Å². The maximum atomic E-state index is 13.4. The van der Waals surface area contributed by atoms with Crippen LogP contribution in [0.2, 0.25) is 0 Å². The molecular formula is C24H28FN3O. The Bertz CT molecular complexity index is 977. The van der Waals surface area contributed by atoms with Gasteiger partial charge >= 0.3 is 0 Å². The molecule has 1 saturated heterocycles. The number of fused-ring (bicyclic) bond motifs is 1. The van der Waals surface area contributed by atoms with Gasteiger partial charge < -0.3 is 5.11 Å². The molecule has 0 aliphatic carbocycles. The second-order valence-electron chi connectivity index (χ2n) is 7.94. The Morgan fingerprint density at radius 2 is 1.93 bits per heavy atom. The zero-order valence-electron chi connectivity index (χ0n) is 16.9. The summed E-state index contributed by atoms with van der Waals surface area (Å²) >= 11 is 0. The van der Waals surface area contributed by atoms with Gasteiger partial charge in [-0.3, -0.25) is 14.8 Å². The lowest BCUT2D eigenvalue weighted by Crippen LogP contribution is -2.52. The summed E-state index contributed by atoms with van der Waals surface area (Å²) in [5, 5.41) is 10.4. The molecule has 2 heterocycles. The quantitative estimate of drug-likeness (QED) is 0.692. The van der Waals surface area contributed by atoms with Crippen LogP contribution in [0, 0.1) is 12.7 Å². The molecule has 1 aromatic heterocycles. The summed E-state index contributed by atoms with van der Waals surface area (Å²) in [5.41, 5.74) is 4.50. The van der Waals surface area contributed by atoms with Crippen molar-refractivity contribution >= 4 is 10.9 Å². The van der Waals surface area contributed by atoms with Gasteiger partial charge in [-0.05, 0) is 48.7 Å². The molecule has 1 aliphatic rings. The van der Waals surface area contributed by atoms with E-state index in [1.165, 1.54) is 23.3 Å². The smallest absolute Gasteiger partial charge is 0.123 e. The van der Waals surface area contributed by atoms with E-state index in [1.54, 1.807) is 6.07 Å². The van der Waals surface area contributed by atoms with Crippen LogP contribution in [-0.2, 0) is 13.1 Å². The SMILES string of the molecule is Cc1ccccc1CN1CCN(Cc2ccc3cc(F)ccc3n2)CC1CCO. The average molecular weight is 394 g/mol. The number of rotatable bonds is 6. The first kappa shape index (κ1) is 20.0. The molecule has 4 nitrogen and oxygen atoms in total. The molecule has 3 aromatic rings. The molecule has 152 valence electrons. The van der Waals surface area contributed by atoms with Gasteiger partial charge in [-0.2, -0.15) is 0 Å². The molecule has 2 aromatic carbocycles. The maximum absolute atomic E-state index is 13.4. The van der Waals surface area contributed by atoms with Gasteiger partial charge in [-0.1, -0.05) is 30.3 Å². The normalized spacial score (nSPS) is 18.4. The standard InChI is InChI=1S/C24H28FN3O/c1-18-4-2-3-5-20(18)15-28-12-11-27(17-23(28)10-13-29)16-22-8-6-19-14-21(25)7-9-24(19)26-22/h2-9,14,23,29H,10-13,15-17H2,1H3. The van der Waals surface area contributed by atoms with Crippen LogP contribution in [0.4, 0.5) is 4.39 Å². The van der Waals surface area contributed by atoms with E-state index in [4.69, 9.17) is 4.98 Å². The monoisotopic (exact) mass is 393 g/mol. The van der Waals surface area contributed by atoms with Crippen LogP contribution in [0.1, 0.15) is 23.2 Å². The fraction of sp³-hybridized carbons (Fsp3) is 0.375. The fourth-order valence-electron chi connectivity index (χ4n) is 4.19. The molecular weight excluding hydrogens is 365 g/mol. The van der Waals surface area contributed by atoms with Crippen molar-refractivity contribution < 1.29 is 9.50 Å². The molecule has 0 radical (unpaired) electrons. The first-order chi connectivity index (χ1) is 14.1. The number of aromatic nitrogens is 1. The van der Waals surface area contributed by atoms with E-state index in [2.05, 4.69) is 41.0 Å². The maximum Gasteiger partial charge on any atom is 0.123 e. The Hall–Kier alpha value is -2.34. The minimum atomic E-state index is -0.233. The van der Waals surface area contributed by atoms with E-state index in [-0.39, 0.29) is 12.4 Å². The molecule has 0 spiro atoms. The lowest BCUT2D eigenvalue weighted by atomic mass is 10.0. The topological polar surface area (TPSA) is 39.6 Å². The van der Waals surface area contributed by atoms with Crippen molar-refractivity contribution in [1.29, 1.82) is 0 Å². The number of halogens is 1. The molecule has 0 bridgehead atoms. The summed E-state index contributed by atoms with van der Waals surface area (Å²) < 4.78 is 13.4.